The summed E-state index contributed by atoms with van der Waals surface area (Å²) in [5.41, 5.74) is 2.20. The van der Waals surface area contributed by atoms with Crippen LogP contribution >= 0.6 is 27.5 Å². The van der Waals surface area contributed by atoms with Crippen LogP contribution in [-0.4, -0.2) is 29.3 Å². The van der Waals surface area contributed by atoms with Gasteiger partial charge in [0.25, 0.3) is 5.69 Å². The van der Waals surface area contributed by atoms with Gasteiger partial charge in [-0.05, 0) is 46.6 Å². The van der Waals surface area contributed by atoms with Crippen molar-refractivity contribution < 1.29 is 10.0 Å². The first-order valence-electron chi connectivity index (χ1n) is 7.05. The second-order valence-electron chi connectivity index (χ2n) is 5.07. The number of anilines is 1. The first-order valence-corrected chi connectivity index (χ1v) is 8.22. The fraction of sp³-hybridized carbons (Fsp3) is 0.188. The molecule has 2 aromatic rings. The summed E-state index contributed by atoms with van der Waals surface area (Å²) in [5, 5.41) is 23.9. The summed E-state index contributed by atoms with van der Waals surface area (Å²) in [6.45, 7) is 2.89. The topological polar surface area (TPSA) is 87.8 Å². The summed E-state index contributed by atoms with van der Waals surface area (Å²) >= 11 is 9.28. The fourth-order valence-corrected chi connectivity index (χ4v) is 2.87. The molecule has 0 aliphatic heterocycles. The van der Waals surface area contributed by atoms with Gasteiger partial charge in [-0.15, -0.1) is 0 Å². The monoisotopic (exact) mass is 411 g/mol. The van der Waals surface area contributed by atoms with E-state index in [4.69, 9.17) is 11.6 Å². The Hall–Kier alpha value is -2.12. The summed E-state index contributed by atoms with van der Waals surface area (Å²) in [6.07, 6.45) is 1.60. The summed E-state index contributed by atoms with van der Waals surface area (Å²) in [4.78, 5) is 14.4. The smallest absolute Gasteiger partial charge is 0.271 e. The van der Waals surface area contributed by atoms with E-state index in [-0.39, 0.29) is 16.5 Å². The minimum Gasteiger partial charge on any atom is -0.506 e. The molecule has 2 aromatic carbocycles. The number of phenolic OH excluding ortho intramolecular Hbond substituents is 1. The van der Waals surface area contributed by atoms with Crippen molar-refractivity contribution in [1.82, 2.24) is 0 Å². The van der Waals surface area contributed by atoms with E-state index in [0.717, 1.165) is 5.56 Å². The molecule has 0 aliphatic rings. The molecule has 6 nitrogen and oxygen atoms in total. The number of nitro groups is 1. The lowest BCUT2D eigenvalue weighted by Gasteiger charge is -2.07. The van der Waals surface area contributed by atoms with Gasteiger partial charge in [0.1, 0.15) is 5.75 Å². The zero-order valence-corrected chi connectivity index (χ0v) is 15.1. The van der Waals surface area contributed by atoms with Crippen molar-refractivity contribution in [1.29, 1.82) is 0 Å². The molecule has 0 radical (unpaired) electrons. The molecular weight excluding hydrogens is 398 g/mol. The van der Waals surface area contributed by atoms with E-state index in [1.165, 1.54) is 12.1 Å². The van der Waals surface area contributed by atoms with Crippen molar-refractivity contribution in [2.24, 2.45) is 4.99 Å². The Bertz CT molecular complexity index is 796. The number of halogens is 2. The number of aliphatic imine (C=N–C) groups is 1. The first kappa shape index (κ1) is 18.2. The number of benzene rings is 2. The molecule has 0 amide bonds. The van der Waals surface area contributed by atoms with Gasteiger partial charge in [0.05, 0.1) is 26.7 Å². The number of aromatic hydroxyl groups is 1. The average Bonchev–Trinajstić information content (AvgIpc) is 2.52. The van der Waals surface area contributed by atoms with Gasteiger partial charge in [-0.2, -0.15) is 0 Å². The molecule has 0 saturated carbocycles. The van der Waals surface area contributed by atoms with Crippen molar-refractivity contribution in [3.05, 3.63) is 61.1 Å². The molecule has 0 spiro atoms. The number of rotatable bonds is 6. The molecule has 0 heterocycles. The molecule has 0 bridgehead atoms. The number of nitrogens with zero attached hydrogens (tertiary/aromatic N) is 2. The number of non-ortho nitro benzene ring substituents is 1. The van der Waals surface area contributed by atoms with Gasteiger partial charge in [0.15, 0.2) is 0 Å². The molecule has 2 rings (SSSR count). The van der Waals surface area contributed by atoms with Crippen LogP contribution in [0.25, 0.3) is 0 Å². The number of hydrogen-bond acceptors (Lipinski definition) is 5. The molecular formula is C16H15BrClN3O3. The Labute approximate surface area is 152 Å². The van der Waals surface area contributed by atoms with Crippen LogP contribution in [0.2, 0.25) is 5.02 Å². The van der Waals surface area contributed by atoms with Gasteiger partial charge in [0.2, 0.25) is 0 Å². The van der Waals surface area contributed by atoms with E-state index < -0.39 is 4.92 Å². The number of aryl methyl sites for hydroxylation is 1. The van der Waals surface area contributed by atoms with E-state index in [1.807, 2.05) is 19.1 Å². The van der Waals surface area contributed by atoms with Crippen molar-refractivity contribution in [3.63, 3.8) is 0 Å². The van der Waals surface area contributed by atoms with E-state index in [9.17, 15) is 15.2 Å². The van der Waals surface area contributed by atoms with Gasteiger partial charge in [-0.1, -0.05) is 11.6 Å². The van der Waals surface area contributed by atoms with Gasteiger partial charge < -0.3 is 10.4 Å². The second-order valence-corrected chi connectivity index (χ2v) is 6.33. The Balaban J connectivity index is 1.93. The molecule has 0 saturated heterocycles. The average molecular weight is 413 g/mol. The summed E-state index contributed by atoms with van der Waals surface area (Å²) in [7, 11) is 0. The third-order valence-electron chi connectivity index (χ3n) is 3.19. The van der Waals surface area contributed by atoms with Gasteiger partial charge in [0, 0.05) is 30.5 Å². The SMILES string of the molecule is Cc1cc(Br)c(O)c(C=NCCNc2ccc([N+](=O)[O-])cc2Cl)c1. The molecule has 0 atom stereocenters. The Morgan fingerprint density at radius 2 is 2.17 bits per heavy atom. The van der Waals surface area contributed by atoms with Gasteiger partial charge in [-0.3, -0.25) is 15.1 Å². The summed E-state index contributed by atoms with van der Waals surface area (Å²) in [6, 6.07) is 7.91. The molecule has 8 heteroatoms. The maximum Gasteiger partial charge on any atom is 0.271 e. The number of phenols is 1. The van der Waals surface area contributed by atoms with Crippen LogP contribution in [0.4, 0.5) is 11.4 Å². The Morgan fingerprint density at radius 1 is 1.42 bits per heavy atom. The quantitative estimate of drug-likeness (QED) is 0.315. The molecule has 24 heavy (non-hydrogen) atoms. The van der Waals surface area contributed by atoms with Crippen LogP contribution in [0.15, 0.2) is 39.8 Å². The van der Waals surface area contributed by atoms with Crippen molar-refractivity contribution >= 4 is 45.1 Å². The molecule has 0 aromatic heterocycles. The minimum atomic E-state index is -0.494. The first-order chi connectivity index (χ1) is 11.4. The highest BCUT2D eigenvalue weighted by atomic mass is 79.9. The maximum absolute atomic E-state index is 10.7. The predicted molar refractivity (Wildman–Crippen MR) is 99.6 cm³/mol. The lowest BCUT2D eigenvalue weighted by Crippen LogP contribution is -2.05. The van der Waals surface area contributed by atoms with E-state index in [1.54, 1.807) is 12.3 Å². The van der Waals surface area contributed by atoms with Crippen LogP contribution in [-0.2, 0) is 0 Å². The largest absolute Gasteiger partial charge is 0.506 e. The molecule has 0 aliphatic carbocycles. The zero-order chi connectivity index (χ0) is 17.7. The van der Waals surface area contributed by atoms with Crippen LogP contribution in [0.1, 0.15) is 11.1 Å². The van der Waals surface area contributed by atoms with Crippen LogP contribution in [0.3, 0.4) is 0 Å². The summed E-state index contributed by atoms with van der Waals surface area (Å²) < 4.78 is 0.625. The van der Waals surface area contributed by atoms with Crippen LogP contribution in [0, 0.1) is 17.0 Å². The third kappa shape index (κ3) is 4.69. The zero-order valence-electron chi connectivity index (χ0n) is 12.8. The lowest BCUT2D eigenvalue weighted by molar-refractivity contribution is -0.384. The number of hydrogen-bond donors (Lipinski definition) is 2. The third-order valence-corrected chi connectivity index (χ3v) is 4.10. The summed E-state index contributed by atoms with van der Waals surface area (Å²) in [5.74, 6) is 0.149. The van der Waals surface area contributed by atoms with Crippen molar-refractivity contribution in [2.45, 2.75) is 6.92 Å². The molecule has 0 fully saturated rings. The Morgan fingerprint density at radius 3 is 2.83 bits per heavy atom. The highest BCUT2D eigenvalue weighted by molar-refractivity contribution is 9.10. The van der Waals surface area contributed by atoms with Crippen molar-refractivity contribution in [3.8, 4) is 5.75 Å². The fourth-order valence-electron chi connectivity index (χ4n) is 2.04. The van der Waals surface area contributed by atoms with Gasteiger partial charge >= 0.3 is 0 Å². The highest BCUT2D eigenvalue weighted by Crippen LogP contribution is 2.28. The number of nitro benzene ring substituents is 1. The molecule has 126 valence electrons. The standard InChI is InChI=1S/C16H15BrClN3O3/c1-10-6-11(16(22)13(17)7-10)9-19-4-5-20-15-3-2-12(21(23)24)8-14(15)18/h2-3,6-9,20,22H,4-5H2,1H3. The van der Waals surface area contributed by atoms with E-state index >= 15 is 0 Å². The molecule has 0 unspecified atom stereocenters. The van der Waals surface area contributed by atoms with Gasteiger partial charge in [-0.25, -0.2) is 0 Å². The molecule has 2 N–H and O–H groups in total. The highest BCUT2D eigenvalue weighted by Gasteiger charge is 2.08. The van der Waals surface area contributed by atoms with E-state index in [0.29, 0.717) is 28.8 Å². The van der Waals surface area contributed by atoms with Crippen LogP contribution in [0.5, 0.6) is 5.75 Å². The maximum atomic E-state index is 10.7. The number of nitrogens with one attached hydrogen (secondary N) is 1. The van der Waals surface area contributed by atoms with Crippen molar-refractivity contribution in [2.75, 3.05) is 18.4 Å². The second kappa shape index (κ2) is 8.12. The normalized spacial score (nSPS) is 11.0. The van der Waals surface area contributed by atoms with Crippen LogP contribution < -0.4 is 5.32 Å². The predicted octanol–water partition coefficient (Wildman–Crippen LogP) is 4.56. The lowest BCUT2D eigenvalue weighted by atomic mass is 10.1. The Kier molecular flexibility index (Phi) is 6.16. The minimum absolute atomic E-state index is 0.0518. The van der Waals surface area contributed by atoms with E-state index in [2.05, 4.69) is 26.2 Å².